The Kier molecular flexibility index (Phi) is 4.61. The van der Waals surface area contributed by atoms with Gasteiger partial charge in [0, 0.05) is 22.0 Å². The van der Waals surface area contributed by atoms with Gasteiger partial charge >= 0.3 is 0 Å². The van der Waals surface area contributed by atoms with Crippen LogP contribution in [0.2, 0.25) is 0 Å². The first-order chi connectivity index (χ1) is 9.04. The second-order valence-electron chi connectivity index (χ2n) is 4.31. The van der Waals surface area contributed by atoms with Crippen molar-refractivity contribution in [1.82, 2.24) is 0 Å². The largest absolute Gasteiger partial charge is 0.380 e. The van der Waals surface area contributed by atoms with E-state index in [0.29, 0.717) is 6.54 Å². The third kappa shape index (κ3) is 4.08. The van der Waals surface area contributed by atoms with Crippen molar-refractivity contribution in [3.8, 4) is 0 Å². The number of nitrogens with one attached hydrogen (secondary N) is 2. The average molecular weight is 339 g/mol. The fraction of sp³-hybridized carbons (Fsp3) is 0.214. The molecule has 0 bridgehead atoms. The molecule has 100 valence electrons. The molecule has 0 saturated carbocycles. The lowest BCUT2D eigenvalue weighted by Gasteiger charge is -2.09. The van der Waals surface area contributed by atoms with Gasteiger partial charge in [0.2, 0.25) is 5.91 Å². The lowest BCUT2D eigenvalue weighted by Crippen LogP contribution is -2.08. The molecule has 0 atom stereocenters. The van der Waals surface area contributed by atoms with Crippen LogP contribution in [0.5, 0.6) is 0 Å². The molecular weight excluding hydrogens is 324 g/mol. The number of amides is 1. The Labute approximate surface area is 125 Å². The SMILES string of the molecule is CC(=O)Nc1ccsc1CNc1cc(C)cc(Br)c1. The minimum absolute atomic E-state index is 0.0436. The van der Waals surface area contributed by atoms with Gasteiger partial charge in [-0.3, -0.25) is 4.79 Å². The highest BCUT2D eigenvalue weighted by atomic mass is 79.9. The first-order valence-corrected chi connectivity index (χ1v) is 7.57. The summed E-state index contributed by atoms with van der Waals surface area (Å²) in [5.74, 6) is -0.0436. The summed E-state index contributed by atoms with van der Waals surface area (Å²) in [5, 5.41) is 8.19. The van der Waals surface area contributed by atoms with Crippen LogP contribution in [0, 0.1) is 6.92 Å². The van der Waals surface area contributed by atoms with Crippen molar-refractivity contribution < 1.29 is 4.79 Å². The number of hydrogen-bond acceptors (Lipinski definition) is 3. The molecule has 0 saturated heterocycles. The van der Waals surface area contributed by atoms with Gasteiger partial charge in [0.05, 0.1) is 12.2 Å². The lowest BCUT2D eigenvalue weighted by molar-refractivity contribution is -0.114. The Balaban J connectivity index is 2.06. The first kappa shape index (κ1) is 14.1. The Bertz CT molecular complexity index is 575. The van der Waals surface area contributed by atoms with Crippen LogP contribution in [-0.2, 0) is 11.3 Å². The number of halogens is 1. The Morgan fingerprint density at radius 1 is 1.37 bits per heavy atom. The van der Waals surface area contributed by atoms with E-state index in [-0.39, 0.29) is 5.91 Å². The molecule has 0 aliphatic heterocycles. The summed E-state index contributed by atoms with van der Waals surface area (Å²) in [4.78, 5) is 12.2. The van der Waals surface area contributed by atoms with E-state index < -0.39 is 0 Å². The highest BCUT2D eigenvalue weighted by Gasteiger charge is 2.05. The monoisotopic (exact) mass is 338 g/mol. The third-order valence-corrected chi connectivity index (χ3v) is 3.93. The number of carbonyl (C=O) groups is 1. The van der Waals surface area contributed by atoms with Crippen molar-refractivity contribution in [2.75, 3.05) is 10.6 Å². The lowest BCUT2D eigenvalue weighted by atomic mass is 10.2. The van der Waals surface area contributed by atoms with Crippen LogP contribution in [0.3, 0.4) is 0 Å². The molecule has 2 N–H and O–H groups in total. The molecule has 2 rings (SSSR count). The molecule has 0 aliphatic carbocycles. The summed E-state index contributed by atoms with van der Waals surface area (Å²) in [6.45, 7) is 4.28. The van der Waals surface area contributed by atoms with Crippen molar-refractivity contribution in [3.63, 3.8) is 0 Å². The zero-order chi connectivity index (χ0) is 13.8. The molecule has 0 aliphatic rings. The van der Waals surface area contributed by atoms with Crippen LogP contribution in [0.1, 0.15) is 17.4 Å². The fourth-order valence-corrected chi connectivity index (χ4v) is 3.18. The van der Waals surface area contributed by atoms with Gasteiger partial charge in [0.25, 0.3) is 0 Å². The van der Waals surface area contributed by atoms with Crippen LogP contribution >= 0.6 is 27.3 Å². The number of carbonyl (C=O) groups excluding carboxylic acids is 1. The molecule has 3 nitrogen and oxygen atoms in total. The van der Waals surface area contributed by atoms with Crippen LogP contribution in [0.4, 0.5) is 11.4 Å². The number of hydrogen-bond donors (Lipinski definition) is 2. The maximum Gasteiger partial charge on any atom is 0.221 e. The summed E-state index contributed by atoms with van der Waals surface area (Å²) in [6.07, 6.45) is 0. The van der Waals surface area contributed by atoms with E-state index in [4.69, 9.17) is 0 Å². The highest BCUT2D eigenvalue weighted by Crippen LogP contribution is 2.25. The molecule has 1 heterocycles. The van der Waals surface area contributed by atoms with E-state index in [0.717, 1.165) is 20.7 Å². The first-order valence-electron chi connectivity index (χ1n) is 5.89. The van der Waals surface area contributed by atoms with E-state index >= 15 is 0 Å². The summed E-state index contributed by atoms with van der Waals surface area (Å²) < 4.78 is 1.06. The van der Waals surface area contributed by atoms with E-state index in [2.05, 4.69) is 45.6 Å². The molecule has 2 aromatic rings. The minimum Gasteiger partial charge on any atom is -0.380 e. The van der Waals surface area contributed by atoms with Crippen LogP contribution in [-0.4, -0.2) is 5.91 Å². The zero-order valence-corrected chi connectivity index (χ0v) is 13.2. The quantitative estimate of drug-likeness (QED) is 0.867. The summed E-state index contributed by atoms with van der Waals surface area (Å²) >= 11 is 5.11. The standard InChI is InChI=1S/C14H15BrN2OS/c1-9-5-11(15)7-12(6-9)16-8-14-13(3-4-19-14)17-10(2)18/h3-7,16H,8H2,1-2H3,(H,17,18). The molecule has 0 spiro atoms. The highest BCUT2D eigenvalue weighted by molar-refractivity contribution is 9.10. The van der Waals surface area contributed by atoms with Gasteiger partial charge < -0.3 is 10.6 Å². The third-order valence-electron chi connectivity index (χ3n) is 2.55. The molecule has 1 aromatic heterocycles. The maximum atomic E-state index is 11.1. The smallest absolute Gasteiger partial charge is 0.221 e. The van der Waals surface area contributed by atoms with Crippen molar-refractivity contribution >= 4 is 44.5 Å². The molecule has 1 aromatic carbocycles. The van der Waals surface area contributed by atoms with Gasteiger partial charge in [-0.05, 0) is 42.1 Å². The van der Waals surface area contributed by atoms with Gasteiger partial charge in [-0.25, -0.2) is 0 Å². The predicted octanol–water partition coefficient (Wildman–Crippen LogP) is 4.39. The van der Waals surface area contributed by atoms with E-state index in [9.17, 15) is 4.79 Å². The topological polar surface area (TPSA) is 41.1 Å². The van der Waals surface area contributed by atoms with Crippen LogP contribution in [0.25, 0.3) is 0 Å². The van der Waals surface area contributed by atoms with Crippen LogP contribution < -0.4 is 10.6 Å². The Morgan fingerprint density at radius 3 is 2.84 bits per heavy atom. The van der Waals surface area contributed by atoms with E-state index in [1.807, 2.05) is 17.5 Å². The molecule has 1 amide bonds. The Morgan fingerprint density at radius 2 is 2.16 bits per heavy atom. The average Bonchev–Trinajstić information content (AvgIpc) is 2.71. The maximum absolute atomic E-state index is 11.1. The number of aryl methyl sites for hydroxylation is 1. The van der Waals surface area contributed by atoms with Gasteiger partial charge in [-0.2, -0.15) is 0 Å². The molecule has 19 heavy (non-hydrogen) atoms. The van der Waals surface area contributed by atoms with Gasteiger partial charge in [-0.15, -0.1) is 11.3 Å². The normalized spacial score (nSPS) is 10.3. The van der Waals surface area contributed by atoms with Gasteiger partial charge in [0.1, 0.15) is 0 Å². The van der Waals surface area contributed by atoms with Crippen molar-refractivity contribution in [2.45, 2.75) is 20.4 Å². The molecular formula is C14H15BrN2OS. The minimum atomic E-state index is -0.0436. The van der Waals surface area contributed by atoms with Crippen molar-refractivity contribution in [3.05, 3.63) is 44.6 Å². The van der Waals surface area contributed by atoms with E-state index in [1.165, 1.54) is 12.5 Å². The van der Waals surface area contributed by atoms with Crippen LogP contribution in [0.15, 0.2) is 34.1 Å². The van der Waals surface area contributed by atoms with Crippen molar-refractivity contribution in [1.29, 1.82) is 0 Å². The molecule has 0 fully saturated rings. The zero-order valence-electron chi connectivity index (χ0n) is 10.8. The van der Waals surface area contributed by atoms with E-state index in [1.54, 1.807) is 11.3 Å². The predicted molar refractivity (Wildman–Crippen MR) is 84.8 cm³/mol. The molecule has 0 radical (unpaired) electrons. The number of thiophene rings is 1. The molecule has 5 heteroatoms. The second kappa shape index (κ2) is 6.21. The molecule has 0 unspecified atom stereocenters. The number of rotatable bonds is 4. The summed E-state index contributed by atoms with van der Waals surface area (Å²) in [6, 6.07) is 8.13. The Hall–Kier alpha value is -1.33. The number of benzene rings is 1. The van der Waals surface area contributed by atoms with Gasteiger partial charge in [-0.1, -0.05) is 15.9 Å². The van der Waals surface area contributed by atoms with Gasteiger partial charge in [0.15, 0.2) is 0 Å². The second-order valence-corrected chi connectivity index (χ2v) is 6.23. The number of anilines is 2. The fourth-order valence-electron chi connectivity index (χ4n) is 1.80. The summed E-state index contributed by atoms with van der Waals surface area (Å²) in [7, 11) is 0. The summed E-state index contributed by atoms with van der Waals surface area (Å²) in [5.41, 5.74) is 3.15. The van der Waals surface area contributed by atoms with Crippen molar-refractivity contribution in [2.24, 2.45) is 0 Å².